The Kier molecular flexibility index (Phi) is 3.46. The monoisotopic (exact) mass is 179 g/mol. The number of hydrogen-bond acceptors (Lipinski definition) is 3. The van der Waals surface area contributed by atoms with Crippen LogP contribution in [0.25, 0.3) is 0 Å². The number of rotatable bonds is 4. The van der Waals surface area contributed by atoms with Crippen molar-refractivity contribution >= 4 is 6.47 Å². The van der Waals surface area contributed by atoms with Gasteiger partial charge in [0, 0.05) is 6.54 Å². The van der Waals surface area contributed by atoms with E-state index in [0.717, 1.165) is 12.1 Å². The Balaban J connectivity index is 2.72. The van der Waals surface area contributed by atoms with Gasteiger partial charge in [-0.1, -0.05) is 12.1 Å². The highest BCUT2D eigenvalue weighted by atomic mass is 16.5. The van der Waals surface area contributed by atoms with E-state index < -0.39 is 0 Å². The lowest BCUT2D eigenvalue weighted by molar-refractivity contribution is -0.120. The summed E-state index contributed by atoms with van der Waals surface area (Å²) in [5.74, 6) is 0.592. The number of carbonyl (C=O) groups excluding carboxylic acids is 1. The molecule has 70 valence electrons. The lowest BCUT2D eigenvalue weighted by atomic mass is 10.2. The van der Waals surface area contributed by atoms with E-state index in [4.69, 9.17) is 4.74 Å². The topological polar surface area (TPSA) is 29.5 Å². The second-order valence-corrected chi connectivity index (χ2v) is 3.10. The standard InChI is InChI=1S/C10H13NO2/c1-11(2)7-9-4-3-5-10(6-9)13-8-12/h3-6,8H,7H2,1-2H3. The lowest BCUT2D eigenvalue weighted by Crippen LogP contribution is -2.10. The van der Waals surface area contributed by atoms with Crippen molar-refractivity contribution in [2.24, 2.45) is 0 Å². The smallest absolute Gasteiger partial charge is 0.298 e. The molecule has 0 atom stereocenters. The van der Waals surface area contributed by atoms with Gasteiger partial charge in [0.25, 0.3) is 6.47 Å². The average molecular weight is 179 g/mol. The van der Waals surface area contributed by atoms with Crippen LogP contribution in [0.1, 0.15) is 5.56 Å². The van der Waals surface area contributed by atoms with Crippen molar-refractivity contribution in [1.82, 2.24) is 4.90 Å². The fraction of sp³-hybridized carbons (Fsp3) is 0.300. The SMILES string of the molecule is CN(C)Cc1cccc(OC=O)c1. The fourth-order valence-electron chi connectivity index (χ4n) is 1.14. The Morgan fingerprint density at radius 2 is 2.23 bits per heavy atom. The highest BCUT2D eigenvalue weighted by molar-refractivity contribution is 5.45. The van der Waals surface area contributed by atoms with Crippen LogP contribution in [-0.2, 0) is 11.3 Å². The van der Waals surface area contributed by atoms with E-state index in [1.807, 2.05) is 32.3 Å². The van der Waals surface area contributed by atoms with Crippen LogP contribution in [0.2, 0.25) is 0 Å². The molecular weight excluding hydrogens is 166 g/mol. The van der Waals surface area contributed by atoms with E-state index in [0.29, 0.717) is 12.2 Å². The van der Waals surface area contributed by atoms with Crippen LogP contribution in [0.5, 0.6) is 5.75 Å². The summed E-state index contributed by atoms with van der Waals surface area (Å²) in [7, 11) is 3.99. The van der Waals surface area contributed by atoms with Gasteiger partial charge in [-0.05, 0) is 31.8 Å². The van der Waals surface area contributed by atoms with Gasteiger partial charge in [-0.2, -0.15) is 0 Å². The molecule has 0 aliphatic rings. The maximum Gasteiger partial charge on any atom is 0.298 e. The van der Waals surface area contributed by atoms with Crippen molar-refractivity contribution in [1.29, 1.82) is 0 Å². The van der Waals surface area contributed by atoms with E-state index in [-0.39, 0.29) is 0 Å². The summed E-state index contributed by atoms with van der Waals surface area (Å²) in [5, 5.41) is 0. The van der Waals surface area contributed by atoms with Crippen molar-refractivity contribution in [2.45, 2.75) is 6.54 Å². The van der Waals surface area contributed by atoms with Crippen LogP contribution >= 0.6 is 0 Å². The zero-order valence-electron chi connectivity index (χ0n) is 7.86. The highest BCUT2D eigenvalue weighted by Gasteiger charge is 1.97. The molecule has 0 unspecified atom stereocenters. The van der Waals surface area contributed by atoms with Gasteiger partial charge >= 0.3 is 0 Å². The number of hydrogen-bond donors (Lipinski definition) is 0. The molecule has 0 aromatic heterocycles. The quantitative estimate of drug-likeness (QED) is 0.652. The molecule has 0 heterocycles. The molecule has 0 radical (unpaired) electrons. The van der Waals surface area contributed by atoms with Gasteiger partial charge < -0.3 is 9.64 Å². The Hall–Kier alpha value is -1.35. The van der Waals surface area contributed by atoms with Crippen LogP contribution in [-0.4, -0.2) is 25.5 Å². The van der Waals surface area contributed by atoms with Gasteiger partial charge in [0.2, 0.25) is 0 Å². The third-order valence-electron chi connectivity index (χ3n) is 1.58. The van der Waals surface area contributed by atoms with E-state index in [9.17, 15) is 4.79 Å². The Morgan fingerprint density at radius 3 is 2.85 bits per heavy atom. The van der Waals surface area contributed by atoms with E-state index in [2.05, 4.69) is 4.90 Å². The Labute approximate surface area is 77.9 Å². The van der Waals surface area contributed by atoms with Gasteiger partial charge in [0.05, 0.1) is 0 Å². The molecule has 1 aromatic rings. The zero-order chi connectivity index (χ0) is 9.68. The van der Waals surface area contributed by atoms with Gasteiger partial charge in [0.15, 0.2) is 0 Å². The summed E-state index contributed by atoms with van der Waals surface area (Å²) >= 11 is 0. The molecule has 0 aliphatic heterocycles. The summed E-state index contributed by atoms with van der Waals surface area (Å²) in [6.07, 6.45) is 0. The van der Waals surface area contributed by atoms with Crippen molar-refractivity contribution in [3.05, 3.63) is 29.8 Å². The first-order valence-corrected chi connectivity index (χ1v) is 4.06. The minimum absolute atomic E-state index is 0.439. The van der Waals surface area contributed by atoms with Crippen LogP contribution in [0.15, 0.2) is 24.3 Å². The molecule has 1 aromatic carbocycles. The second kappa shape index (κ2) is 4.62. The first kappa shape index (κ1) is 9.74. The normalized spacial score (nSPS) is 10.1. The molecule has 0 amide bonds. The van der Waals surface area contributed by atoms with Crippen molar-refractivity contribution in [2.75, 3.05) is 14.1 Å². The number of benzene rings is 1. The highest BCUT2D eigenvalue weighted by Crippen LogP contribution is 2.13. The molecule has 0 bridgehead atoms. The van der Waals surface area contributed by atoms with Crippen molar-refractivity contribution in [3.8, 4) is 5.75 Å². The van der Waals surface area contributed by atoms with Gasteiger partial charge in [-0.15, -0.1) is 0 Å². The van der Waals surface area contributed by atoms with E-state index in [1.165, 1.54) is 0 Å². The maximum absolute atomic E-state index is 10.1. The zero-order valence-corrected chi connectivity index (χ0v) is 7.86. The molecule has 0 spiro atoms. The second-order valence-electron chi connectivity index (χ2n) is 3.10. The molecule has 0 N–H and O–H groups in total. The minimum Gasteiger partial charge on any atom is -0.429 e. The van der Waals surface area contributed by atoms with E-state index in [1.54, 1.807) is 6.07 Å². The summed E-state index contributed by atoms with van der Waals surface area (Å²) in [6.45, 7) is 1.28. The largest absolute Gasteiger partial charge is 0.429 e. The third-order valence-corrected chi connectivity index (χ3v) is 1.58. The van der Waals surface area contributed by atoms with Crippen molar-refractivity contribution in [3.63, 3.8) is 0 Å². The lowest BCUT2D eigenvalue weighted by Gasteiger charge is -2.09. The van der Waals surface area contributed by atoms with Crippen LogP contribution < -0.4 is 4.74 Å². The molecule has 0 saturated carbocycles. The first-order valence-electron chi connectivity index (χ1n) is 4.06. The van der Waals surface area contributed by atoms with Gasteiger partial charge in [-0.25, -0.2) is 0 Å². The molecule has 0 aliphatic carbocycles. The first-order chi connectivity index (χ1) is 6.22. The fourth-order valence-corrected chi connectivity index (χ4v) is 1.14. The molecule has 0 saturated heterocycles. The number of carbonyl (C=O) groups is 1. The molecule has 1 rings (SSSR count). The van der Waals surface area contributed by atoms with Crippen LogP contribution in [0, 0.1) is 0 Å². The van der Waals surface area contributed by atoms with Gasteiger partial charge in [0.1, 0.15) is 5.75 Å². The molecule has 3 heteroatoms. The van der Waals surface area contributed by atoms with Crippen molar-refractivity contribution < 1.29 is 9.53 Å². The summed E-state index contributed by atoms with van der Waals surface area (Å²) < 4.78 is 4.73. The Morgan fingerprint density at radius 1 is 1.46 bits per heavy atom. The third kappa shape index (κ3) is 3.25. The van der Waals surface area contributed by atoms with Crippen LogP contribution in [0.4, 0.5) is 0 Å². The van der Waals surface area contributed by atoms with Gasteiger partial charge in [-0.3, -0.25) is 4.79 Å². The molecular formula is C10H13NO2. The number of nitrogens with zero attached hydrogens (tertiary/aromatic N) is 1. The summed E-state index contributed by atoms with van der Waals surface area (Å²) in [6, 6.07) is 7.48. The summed E-state index contributed by atoms with van der Waals surface area (Å²) in [4.78, 5) is 12.1. The molecule has 0 fully saturated rings. The average Bonchev–Trinajstić information content (AvgIpc) is 2.04. The molecule has 3 nitrogen and oxygen atoms in total. The maximum atomic E-state index is 10.1. The Bertz CT molecular complexity index is 284. The minimum atomic E-state index is 0.439. The van der Waals surface area contributed by atoms with E-state index >= 15 is 0 Å². The summed E-state index contributed by atoms with van der Waals surface area (Å²) in [5.41, 5.74) is 1.13. The number of ether oxygens (including phenoxy) is 1. The predicted octanol–water partition coefficient (Wildman–Crippen LogP) is 1.28. The van der Waals surface area contributed by atoms with Crippen LogP contribution in [0.3, 0.4) is 0 Å². The molecule has 13 heavy (non-hydrogen) atoms. The predicted molar refractivity (Wildman–Crippen MR) is 50.5 cm³/mol.